The van der Waals surface area contributed by atoms with Crippen LogP contribution < -0.4 is 4.74 Å². The molecule has 16 heavy (non-hydrogen) atoms. The molecule has 1 N–H and O–H groups in total. The van der Waals surface area contributed by atoms with Crippen molar-refractivity contribution >= 4 is 0 Å². The fraction of sp³-hybridized carbons (Fsp3) is 0.538. The van der Waals surface area contributed by atoms with Gasteiger partial charge in [0, 0.05) is 13.1 Å². The lowest BCUT2D eigenvalue weighted by Crippen LogP contribution is -2.40. The highest BCUT2D eigenvalue weighted by Gasteiger charge is 2.32. The smallest absolute Gasteiger partial charge is 0.119 e. The molecule has 1 aromatic carbocycles. The first-order chi connectivity index (χ1) is 7.64. The zero-order valence-corrected chi connectivity index (χ0v) is 9.94. The summed E-state index contributed by atoms with van der Waals surface area (Å²) in [5, 5.41) is 10.6. The second-order valence-electron chi connectivity index (χ2n) is 4.57. The van der Waals surface area contributed by atoms with Crippen LogP contribution in [-0.4, -0.2) is 37.3 Å². The van der Waals surface area contributed by atoms with Crippen molar-refractivity contribution in [3.63, 3.8) is 0 Å². The summed E-state index contributed by atoms with van der Waals surface area (Å²) < 4.78 is 5.19. The van der Waals surface area contributed by atoms with Crippen LogP contribution in [0.2, 0.25) is 0 Å². The lowest BCUT2D eigenvalue weighted by atomic mass is 9.84. The van der Waals surface area contributed by atoms with E-state index in [4.69, 9.17) is 4.74 Å². The molecular weight excluding hydrogens is 202 g/mol. The Hall–Kier alpha value is -1.06. The zero-order chi connectivity index (χ0) is 11.6. The Morgan fingerprint density at radius 2 is 2.00 bits per heavy atom. The normalized spacial score (nSPS) is 20.7. The Balaban J connectivity index is 2.21. The van der Waals surface area contributed by atoms with Gasteiger partial charge in [0.1, 0.15) is 5.75 Å². The van der Waals surface area contributed by atoms with Crippen LogP contribution in [0.4, 0.5) is 0 Å². The number of rotatable bonds is 2. The number of ether oxygens (including phenoxy) is 1. The molecule has 0 spiro atoms. The first-order valence-electron chi connectivity index (χ1n) is 5.69. The third-order valence-electron chi connectivity index (χ3n) is 3.42. The van der Waals surface area contributed by atoms with Crippen LogP contribution >= 0.6 is 0 Å². The minimum Gasteiger partial charge on any atom is -0.497 e. The number of likely N-dealkylation sites (tertiary alicyclic amines) is 1. The van der Waals surface area contributed by atoms with Gasteiger partial charge in [-0.1, -0.05) is 12.1 Å². The Labute approximate surface area is 96.6 Å². The molecule has 0 amide bonds. The third-order valence-corrected chi connectivity index (χ3v) is 3.42. The van der Waals surface area contributed by atoms with Crippen LogP contribution in [0.3, 0.4) is 0 Å². The number of piperidine rings is 1. The molecular formula is C13H19NO2. The van der Waals surface area contributed by atoms with Crippen LogP contribution in [0.15, 0.2) is 24.3 Å². The summed E-state index contributed by atoms with van der Waals surface area (Å²) in [7, 11) is 3.74. The molecule has 2 rings (SSSR count). The quantitative estimate of drug-likeness (QED) is 0.823. The molecule has 0 aliphatic carbocycles. The van der Waals surface area contributed by atoms with Crippen molar-refractivity contribution in [1.82, 2.24) is 4.90 Å². The summed E-state index contributed by atoms with van der Waals surface area (Å²) in [6.07, 6.45) is 1.58. The average molecular weight is 221 g/mol. The molecule has 1 heterocycles. The molecule has 0 bridgehead atoms. The van der Waals surface area contributed by atoms with E-state index in [2.05, 4.69) is 11.9 Å². The van der Waals surface area contributed by atoms with E-state index in [1.54, 1.807) is 7.11 Å². The Kier molecular flexibility index (Phi) is 3.17. The molecule has 3 heteroatoms. The van der Waals surface area contributed by atoms with Gasteiger partial charge in [-0.3, -0.25) is 0 Å². The van der Waals surface area contributed by atoms with E-state index in [9.17, 15) is 5.11 Å². The Bertz CT molecular complexity index is 357. The van der Waals surface area contributed by atoms with Crippen LogP contribution in [-0.2, 0) is 5.60 Å². The van der Waals surface area contributed by atoms with Gasteiger partial charge >= 0.3 is 0 Å². The standard InChI is InChI=1S/C13H19NO2/c1-14-8-6-13(15,7-9-14)11-4-3-5-12(10-11)16-2/h3-5,10,15H,6-9H2,1-2H3. The van der Waals surface area contributed by atoms with Gasteiger partial charge in [0.25, 0.3) is 0 Å². The molecule has 1 fully saturated rings. The molecule has 3 nitrogen and oxygen atoms in total. The molecule has 1 aromatic rings. The SMILES string of the molecule is COc1cccc(C2(O)CCN(C)CC2)c1. The predicted octanol–water partition coefficient (Wildman–Crippen LogP) is 1.61. The second kappa shape index (κ2) is 4.44. The van der Waals surface area contributed by atoms with Gasteiger partial charge < -0.3 is 14.7 Å². The monoisotopic (exact) mass is 221 g/mol. The lowest BCUT2D eigenvalue weighted by molar-refractivity contribution is -0.0204. The topological polar surface area (TPSA) is 32.7 Å². The first kappa shape index (κ1) is 11.4. The van der Waals surface area contributed by atoms with Crippen LogP contribution in [0.25, 0.3) is 0 Å². The highest BCUT2D eigenvalue weighted by Crippen LogP contribution is 2.33. The highest BCUT2D eigenvalue weighted by molar-refractivity contribution is 5.32. The number of hydrogen-bond acceptors (Lipinski definition) is 3. The number of nitrogens with zero attached hydrogens (tertiary/aromatic N) is 1. The number of aliphatic hydroxyl groups is 1. The van der Waals surface area contributed by atoms with Gasteiger partial charge in [-0.2, -0.15) is 0 Å². The highest BCUT2D eigenvalue weighted by atomic mass is 16.5. The van der Waals surface area contributed by atoms with Crippen LogP contribution in [0.5, 0.6) is 5.75 Å². The summed E-state index contributed by atoms with van der Waals surface area (Å²) in [6.45, 7) is 1.88. The van der Waals surface area contributed by atoms with Crippen molar-refractivity contribution in [1.29, 1.82) is 0 Å². The molecule has 0 unspecified atom stereocenters. The zero-order valence-electron chi connectivity index (χ0n) is 9.94. The molecule has 1 aliphatic heterocycles. The predicted molar refractivity (Wildman–Crippen MR) is 63.6 cm³/mol. The van der Waals surface area contributed by atoms with Crippen molar-refractivity contribution in [2.24, 2.45) is 0 Å². The molecule has 0 saturated carbocycles. The fourth-order valence-electron chi connectivity index (χ4n) is 2.19. The minimum absolute atomic E-state index is 0.680. The summed E-state index contributed by atoms with van der Waals surface area (Å²) in [4.78, 5) is 2.24. The maximum absolute atomic E-state index is 10.6. The lowest BCUT2D eigenvalue weighted by Gasteiger charge is -2.37. The Morgan fingerprint density at radius 1 is 1.31 bits per heavy atom. The second-order valence-corrected chi connectivity index (χ2v) is 4.57. The molecule has 0 aromatic heterocycles. The van der Waals surface area contributed by atoms with E-state index in [-0.39, 0.29) is 0 Å². The first-order valence-corrected chi connectivity index (χ1v) is 5.69. The van der Waals surface area contributed by atoms with Gasteiger partial charge in [-0.05, 0) is 37.6 Å². The average Bonchev–Trinajstić information content (AvgIpc) is 2.33. The number of methoxy groups -OCH3 is 1. The van der Waals surface area contributed by atoms with E-state index in [0.29, 0.717) is 0 Å². The Morgan fingerprint density at radius 3 is 2.62 bits per heavy atom. The minimum atomic E-state index is -0.680. The summed E-state index contributed by atoms with van der Waals surface area (Å²) in [5.41, 5.74) is 0.293. The van der Waals surface area contributed by atoms with Gasteiger partial charge in [-0.25, -0.2) is 0 Å². The van der Waals surface area contributed by atoms with Gasteiger partial charge in [-0.15, -0.1) is 0 Å². The van der Waals surface area contributed by atoms with Crippen LogP contribution in [0.1, 0.15) is 18.4 Å². The van der Waals surface area contributed by atoms with Crippen LogP contribution in [0, 0.1) is 0 Å². The van der Waals surface area contributed by atoms with E-state index >= 15 is 0 Å². The summed E-state index contributed by atoms with van der Waals surface area (Å²) >= 11 is 0. The van der Waals surface area contributed by atoms with E-state index in [1.807, 2.05) is 24.3 Å². The molecule has 0 atom stereocenters. The maximum atomic E-state index is 10.6. The summed E-state index contributed by atoms with van der Waals surface area (Å²) in [5.74, 6) is 0.810. The fourth-order valence-corrected chi connectivity index (χ4v) is 2.19. The van der Waals surface area contributed by atoms with Crippen molar-refractivity contribution < 1.29 is 9.84 Å². The van der Waals surface area contributed by atoms with E-state index < -0.39 is 5.60 Å². The van der Waals surface area contributed by atoms with E-state index in [1.165, 1.54) is 0 Å². The van der Waals surface area contributed by atoms with Gasteiger partial charge in [0.2, 0.25) is 0 Å². The van der Waals surface area contributed by atoms with E-state index in [0.717, 1.165) is 37.2 Å². The van der Waals surface area contributed by atoms with Gasteiger partial charge in [0.15, 0.2) is 0 Å². The van der Waals surface area contributed by atoms with Gasteiger partial charge in [0.05, 0.1) is 12.7 Å². The molecule has 88 valence electrons. The number of hydrogen-bond donors (Lipinski definition) is 1. The molecule has 0 radical (unpaired) electrons. The van der Waals surface area contributed by atoms with Crippen molar-refractivity contribution in [3.8, 4) is 5.75 Å². The number of benzene rings is 1. The third kappa shape index (κ3) is 2.20. The molecule has 1 aliphatic rings. The molecule has 1 saturated heterocycles. The largest absolute Gasteiger partial charge is 0.497 e. The van der Waals surface area contributed by atoms with Crippen molar-refractivity contribution in [2.45, 2.75) is 18.4 Å². The maximum Gasteiger partial charge on any atom is 0.119 e. The summed E-state index contributed by atoms with van der Waals surface area (Å²) in [6, 6.07) is 7.76. The van der Waals surface area contributed by atoms with Crippen molar-refractivity contribution in [3.05, 3.63) is 29.8 Å². The van der Waals surface area contributed by atoms with Crippen molar-refractivity contribution in [2.75, 3.05) is 27.2 Å².